The van der Waals surface area contributed by atoms with Crippen LogP contribution in [0.3, 0.4) is 0 Å². The van der Waals surface area contributed by atoms with E-state index in [4.69, 9.17) is 11.6 Å². The van der Waals surface area contributed by atoms with E-state index in [0.717, 1.165) is 6.20 Å². The average Bonchev–Trinajstić information content (AvgIpc) is 2.23. The van der Waals surface area contributed by atoms with E-state index < -0.39 is 15.8 Å². The highest BCUT2D eigenvalue weighted by molar-refractivity contribution is 7.89. The Morgan fingerprint density at radius 2 is 2.25 bits per heavy atom. The largest absolute Gasteiger partial charge is 0.366 e. The second-order valence-electron chi connectivity index (χ2n) is 2.79. The number of hydrogen-bond acceptors (Lipinski definition) is 5. The maximum Gasteiger partial charge on any atom is 0.224 e. The van der Waals surface area contributed by atoms with Crippen LogP contribution in [-0.2, 0) is 10.0 Å². The van der Waals surface area contributed by atoms with E-state index in [9.17, 15) is 12.8 Å². The van der Waals surface area contributed by atoms with Crippen LogP contribution in [0, 0.1) is 5.82 Å². The molecule has 0 aromatic carbocycles. The van der Waals surface area contributed by atoms with Crippen LogP contribution < -0.4 is 10.0 Å². The highest BCUT2D eigenvalue weighted by Gasteiger charge is 2.09. The molecule has 0 aliphatic heterocycles. The van der Waals surface area contributed by atoms with Crippen molar-refractivity contribution in [3.63, 3.8) is 0 Å². The lowest BCUT2D eigenvalue weighted by atomic mass is 10.5. The number of nitrogens with one attached hydrogen (secondary N) is 2. The van der Waals surface area contributed by atoms with Crippen LogP contribution in [0.25, 0.3) is 0 Å². The fourth-order valence-electron chi connectivity index (χ4n) is 0.875. The molecule has 2 N–H and O–H groups in total. The lowest BCUT2D eigenvalue weighted by Gasteiger charge is -2.06. The van der Waals surface area contributed by atoms with Gasteiger partial charge in [0.1, 0.15) is 0 Å². The van der Waals surface area contributed by atoms with Crippen molar-refractivity contribution in [2.75, 3.05) is 24.7 Å². The SMILES string of the molecule is CNS(=O)(=O)CCNc1nc(Cl)ncc1F. The zero-order valence-electron chi connectivity index (χ0n) is 8.37. The van der Waals surface area contributed by atoms with Gasteiger partial charge in [-0.1, -0.05) is 0 Å². The Balaban J connectivity index is 2.59. The zero-order chi connectivity index (χ0) is 12.2. The predicted molar refractivity (Wildman–Crippen MR) is 58.3 cm³/mol. The Morgan fingerprint density at radius 3 is 2.88 bits per heavy atom. The van der Waals surface area contributed by atoms with E-state index in [1.165, 1.54) is 7.05 Å². The molecular formula is C7H10ClFN4O2S. The van der Waals surface area contributed by atoms with Crippen LogP contribution >= 0.6 is 11.6 Å². The topological polar surface area (TPSA) is 84.0 Å². The van der Waals surface area contributed by atoms with Gasteiger partial charge in [0.15, 0.2) is 11.6 Å². The third-order valence-electron chi connectivity index (χ3n) is 1.69. The summed E-state index contributed by atoms with van der Waals surface area (Å²) >= 11 is 5.45. The summed E-state index contributed by atoms with van der Waals surface area (Å²) in [5, 5.41) is 2.40. The van der Waals surface area contributed by atoms with Gasteiger partial charge in [0, 0.05) is 6.54 Å². The maximum atomic E-state index is 13.1. The van der Waals surface area contributed by atoms with Gasteiger partial charge < -0.3 is 5.32 Å². The summed E-state index contributed by atoms with van der Waals surface area (Å²) in [4.78, 5) is 6.99. The summed E-state index contributed by atoms with van der Waals surface area (Å²) < 4.78 is 37.3. The van der Waals surface area contributed by atoms with Gasteiger partial charge in [0.05, 0.1) is 11.9 Å². The molecule has 1 heterocycles. The van der Waals surface area contributed by atoms with Crippen molar-refractivity contribution in [3.8, 4) is 0 Å². The van der Waals surface area contributed by atoms with Crippen LogP contribution in [0.15, 0.2) is 6.20 Å². The smallest absolute Gasteiger partial charge is 0.224 e. The lowest BCUT2D eigenvalue weighted by molar-refractivity contribution is 0.588. The van der Waals surface area contributed by atoms with Gasteiger partial charge in [-0.3, -0.25) is 0 Å². The van der Waals surface area contributed by atoms with E-state index in [0.29, 0.717) is 0 Å². The van der Waals surface area contributed by atoms with Crippen molar-refractivity contribution >= 4 is 27.4 Å². The molecular weight excluding hydrogens is 259 g/mol. The van der Waals surface area contributed by atoms with Crippen LogP contribution in [0.1, 0.15) is 0 Å². The third kappa shape index (κ3) is 3.87. The number of sulfonamides is 1. The Hall–Kier alpha value is -0.990. The highest BCUT2D eigenvalue weighted by Crippen LogP contribution is 2.11. The molecule has 0 amide bonds. The molecule has 90 valence electrons. The molecule has 1 rings (SSSR count). The predicted octanol–water partition coefficient (Wildman–Crippen LogP) is 0.230. The first-order valence-electron chi connectivity index (χ1n) is 4.28. The summed E-state index contributed by atoms with van der Waals surface area (Å²) in [6, 6.07) is 0. The molecule has 0 fully saturated rings. The fraction of sp³-hybridized carbons (Fsp3) is 0.429. The van der Waals surface area contributed by atoms with Crippen LogP contribution in [0.5, 0.6) is 0 Å². The molecule has 6 nitrogen and oxygen atoms in total. The molecule has 0 bridgehead atoms. The summed E-state index contributed by atoms with van der Waals surface area (Å²) in [7, 11) is -2.02. The molecule has 16 heavy (non-hydrogen) atoms. The summed E-state index contributed by atoms with van der Waals surface area (Å²) in [5.74, 6) is -0.998. The first kappa shape index (κ1) is 13.1. The average molecular weight is 269 g/mol. The van der Waals surface area contributed by atoms with Gasteiger partial charge in [-0.05, 0) is 18.6 Å². The Bertz CT molecular complexity index is 467. The van der Waals surface area contributed by atoms with Gasteiger partial charge >= 0.3 is 0 Å². The minimum absolute atomic E-state index is 0.0213. The third-order valence-corrected chi connectivity index (χ3v) is 3.23. The molecule has 0 radical (unpaired) electrons. The molecule has 1 aromatic rings. The molecule has 0 saturated heterocycles. The summed E-state index contributed by atoms with van der Waals surface area (Å²) in [6.07, 6.45) is 0.907. The monoisotopic (exact) mass is 268 g/mol. The minimum Gasteiger partial charge on any atom is -0.366 e. The zero-order valence-corrected chi connectivity index (χ0v) is 9.94. The van der Waals surface area contributed by atoms with Crippen molar-refractivity contribution in [3.05, 3.63) is 17.3 Å². The number of hydrogen-bond donors (Lipinski definition) is 2. The standard InChI is InChI=1S/C7H10ClFN4O2S/c1-10-16(14,15)3-2-11-6-5(9)4-12-7(8)13-6/h4,10H,2-3H2,1H3,(H,11,12,13). The first-order valence-corrected chi connectivity index (χ1v) is 6.31. The molecule has 9 heteroatoms. The maximum absolute atomic E-state index is 13.1. The van der Waals surface area contributed by atoms with Crippen molar-refractivity contribution in [2.24, 2.45) is 0 Å². The Morgan fingerprint density at radius 1 is 1.56 bits per heavy atom. The number of nitrogens with zero attached hydrogens (tertiary/aromatic N) is 2. The van der Waals surface area contributed by atoms with Gasteiger partial charge in [-0.2, -0.15) is 4.98 Å². The minimum atomic E-state index is -3.32. The molecule has 1 aromatic heterocycles. The fourth-order valence-corrected chi connectivity index (χ4v) is 1.58. The van der Waals surface area contributed by atoms with E-state index in [1.807, 2.05) is 0 Å². The molecule has 0 saturated carbocycles. The van der Waals surface area contributed by atoms with Gasteiger partial charge in [-0.15, -0.1) is 0 Å². The lowest BCUT2D eigenvalue weighted by Crippen LogP contribution is -2.26. The quantitative estimate of drug-likeness (QED) is 0.747. The van der Waals surface area contributed by atoms with E-state index in [1.54, 1.807) is 0 Å². The number of halogens is 2. The second kappa shape index (κ2) is 5.37. The van der Waals surface area contributed by atoms with Gasteiger partial charge in [-0.25, -0.2) is 22.5 Å². The van der Waals surface area contributed by atoms with Gasteiger partial charge in [0.25, 0.3) is 0 Å². The molecule has 0 aliphatic rings. The van der Waals surface area contributed by atoms with Crippen molar-refractivity contribution in [2.45, 2.75) is 0 Å². The molecule has 0 aliphatic carbocycles. The number of rotatable bonds is 5. The molecule has 0 spiro atoms. The number of anilines is 1. The first-order chi connectivity index (χ1) is 7.44. The Labute approximate surface area is 97.3 Å². The second-order valence-corrected chi connectivity index (χ2v) is 5.17. The molecule has 0 unspecified atom stereocenters. The van der Waals surface area contributed by atoms with Crippen molar-refractivity contribution in [1.82, 2.24) is 14.7 Å². The van der Waals surface area contributed by atoms with Crippen molar-refractivity contribution < 1.29 is 12.8 Å². The molecule has 0 atom stereocenters. The van der Waals surface area contributed by atoms with Gasteiger partial charge in [0.2, 0.25) is 15.3 Å². The van der Waals surface area contributed by atoms with Crippen LogP contribution in [0.4, 0.5) is 10.2 Å². The van der Waals surface area contributed by atoms with Crippen molar-refractivity contribution in [1.29, 1.82) is 0 Å². The highest BCUT2D eigenvalue weighted by atomic mass is 35.5. The van der Waals surface area contributed by atoms with Crippen LogP contribution in [-0.4, -0.2) is 37.7 Å². The Kier molecular flexibility index (Phi) is 4.39. The van der Waals surface area contributed by atoms with E-state index >= 15 is 0 Å². The number of aromatic nitrogens is 2. The van der Waals surface area contributed by atoms with E-state index in [2.05, 4.69) is 20.0 Å². The van der Waals surface area contributed by atoms with E-state index in [-0.39, 0.29) is 23.4 Å². The normalized spacial score (nSPS) is 11.4. The van der Waals surface area contributed by atoms with Crippen LogP contribution in [0.2, 0.25) is 5.28 Å². The summed E-state index contributed by atoms with van der Waals surface area (Å²) in [6.45, 7) is 0.0213. The summed E-state index contributed by atoms with van der Waals surface area (Å²) in [5.41, 5.74) is 0.